The van der Waals surface area contributed by atoms with E-state index in [0.29, 0.717) is 0 Å². The highest BCUT2D eigenvalue weighted by Crippen LogP contribution is 2.11. The number of nitrogens with one attached hydrogen (secondary N) is 1. The van der Waals surface area contributed by atoms with Gasteiger partial charge < -0.3 is 10.4 Å². The third-order valence-electron chi connectivity index (χ3n) is 2.77. The summed E-state index contributed by atoms with van der Waals surface area (Å²) in [7, 11) is 0. The quantitative estimate of drug-likeness (QED) is 0.768. The third kappa shape index (κ3) is 2.91. The fourth-order valence-corrected chi connectivity index (χ4v) is 1.87. The number of hydrogen-bond donors (Lipinski definition) is 2. The molecule has 1 aliphatic rings. The molecule has 0 radical (unpaired) electrons. The van der Waals surface area contributed by atoms with Gasteiger partial charge in [0.1, 0.15) is 0 Å². The first kappa shape index (κ1) is 10.4. The highest BCUT2D eigenvalue weighted by Gasteiger charge is 2.19. The van der Waals surface area contributed by atoms with Crippen LogP contribution >= 0.6 is 0 Å². The van der Waals surface area contributed by atoms with E-state index in [1.165, 1.54) is 5.56 Å². The molecule has 1 aromatic rings. The van der Waals surface area contributed by atoms with Gasteiger partial charge in [0.05, 0.1) is 12.1 Å². The number of piperidine rings is 1. The predicted octanol–water partition coefficient (Wildman–Crippen LogP) is 1.81. The van der Waals surface area contributed by atoms with Crippen LogP contribution in [0, 0.1) is 0 Å². The number of aliphatic hydroxyl groups is 1. The second-order valence-electron chi connectivity index (χ2n) is 3.96. The smallest absolute Gasteiger partial charge is 0.0729 e. The maximum atomic E-state index is 9.73. The lowest BCUT2D eigenvalue weighted by Gasteiger charge is -2.26. The minimum absolute atomic E-state index is 0.110. The molecule has 0 unspecified atom stereocenters. The lowest BCUT2D eigenvalue weighted by molar-refractivity contribution is 0.115. The Morgan fingerprint density at radius 2 is 2.07 bits per heavy atom. The van der Waals surface area contributed by atoms with Gasteiger partial charge in [-0.25, -0.2) is 0 Å². The Morgan fingerprint density at radius 1 is 1.27 bits per heavy atom. The van der Waals surface area contributed by atoms with Crippen LogP contribution in [0.15, 0.2) is 36.4 Å². The van der Waals surface area contributed by atoms with Gasteiger partial charge in [0.2, 0.25) is 0 Å². The van der Waals surface area contributed by atoms with Gasteiger partial charge in [0, 0.05) is 0 Å². The van der Waals surface area contributed by atoms with Crippen LogP contribution in [-0.2, 0) is 0 Å². The Bertz CT molecular complexity index is 321. The maximum absolute atomic E-state index is 9.73. The summed E-state index contributed by atoms with van der Waals surface area (Å²) < 4.78 is 0. The summed E-state index contributed by atoms with van der Waals surface area (Å²) >= 11 is 0. The summed E-state index contributed by atoms with van der Waals surface area (Å²) in [6.45, 7) is 1.00. The van der Waals surface area contributed by atoms with Crippen LogP contribution < -0.4 is 5.32 Å². The highest BCUT2D eigenvalue weighted by atomic mass is 16.3. The Balaban J connectivity index is 1.98. The van der Waals surface area contributed by atoms with Crippen molar-refractivity contribution in [1.82, 2.24) is 5.32 Å². The Morgan fingerprint density at radius 3 is 2.80 bits per heavy atom. The molecular formula is C13H17NO. The number of aliphatic hydroxyl groups excluding tert-OH is 1. The molecule has 1 heterocycles. The summed E-state index contributed by atoms with van der Waals surface area (Å²) in [5, 5.41) is 13.0. The van der Waals surface area contributed by atoms with Crippen molar-refractivity contribution in [3.63, 3.8) is 0 Å². The molecule has 80 valence electrons. The van der Waals surface area contributed by atoms with E-state index in [2.05, 4.69) is 29.6 Å². The van der Waals surface area contributed by atoms with E-state index < -0.39 is 0 Å². The maximum Gasteiger partial charge on any atom is 0.0729 e. The van der Waals surface area contributed by atoms with Crippen LogP contribution in [0.25, 0.3) is 6.08 Å². The van der Waals surface area contributed by atoms with Gasteiger partial charge in [0.15, 0.2) is 0 Å². The molecule has 1 fully saturated rings. The van der Waals surface area contributed by atoms with Gasteiger partial charge >= 0.3 is 0 Å². The van der Waals surface area contributed by atoms with E-state index in [9.17, 15) is 5.11 Å². The van der Waals surface area contributed by atoms with E-state index in [0.717, 1.165) is 19.4 Å². The average molecular weight is 203 g/mol. The topological polar surface area (TPSA) is 32.3 Å². The molecule has 2 atom stereocenters. The van der Waals surface area contributed by atoms with Crippen molar-refractivity contribution in [3.8, 4) is 0 Å². The largest absolute Gasteiger partial charge is 0.391 e. The minimum atomic E-state index is -0.237. The van der Waals surface area contributed by atoms with E-state index in [-0.39, 0.29) is 12.1 Å². The normalized spacial score (nSPS) is 27.0. The molecule has 2 heteroatoms. The van der Waals surface area contributed by atoms with Gasteiger partial charge in [-0.3, -0.25) is 0 Å². The van der Waals surface area contributed by atoms with Crippen molar-refractivity contribution in [3.05, 3.63) is 42.0 Å². The van der Waals surface area contributed by atoms with Crippen molar-refractivity contribution in [1.29, 1.82) is 0 Å². The predicted molar refractivity (Wildman–Crippen MR) is 62.5 cm³/mol. The van der Waals surface area contributed by atoms with Crippen molar-refractivity contribution >= 4 is 6.08 Å². The fourth-order valence-electron chi connectivity index (χ4n) is 1.87. The molecule has 1 aromatic carbocycles. The van der Waals surface area contributed by atoms with Crippen LogP contribution in [0.5, 0.6) is 0 Å². The van der Waals surface area contributed by atoms with Gasteiger partial charge in [-0.05, 0) is 24.9 Å². The second kappa shape index (κ2) is 5.10. The molecule has 15 heavy (non-hydrogen) atoms. The van der Waals surface area contributed by atoms with Gasteiger partial charge in [-0.1, -0.05) is 42.5 Å². The summed E-state index contributed by atoms with van der Waals surface area (Å²) in [5.74, 6) is 0. The standard InChI is InChI=1S/C13H17NO/c15-13-7-4-10-14-12(13)9-8-11-5-2-1-3-6-11/h1-3,5-6,8-9,12-15H,4,7,10H2/b9-8+/t12-,13+/m0/s1. The Labute approximate surface area is 90.6 Å². The minimum Gasteiger partial charge on any atom is -0.391 e. The van der Waals surface area contributed by atoms with E-state index in [4.69, 9.17) is 0 Å². The fraction of sp³-hybridized carbons (Fsp3) is 0.385. The first-order chi connectivity index (χ1) is 7.36. The van der Waals surface area contributed by atoms with Crippen LogP contribution in [0.1, 0.15) is 18.4 Å². The molecule has 0 aliphatic carbocycles. The number of benzene rings is 1. The van der Waals surface area contributed by atoms with Crippen LogP contribution in [0.2, 0.25) is 0 Å². The average Bonchev–Trinajstić information content (AvgIpc) is 2.29. The third-order valence-corrected chi connectivity index (χ3v) is 2.77. The van der Waals surface area contributed by atoms with E-state index in [1.54, 1.807) is 0 Å². The number of hydrogen-bond acceptors (Lipinski definition) is 2. The molecule has 0 amide bonds. The van der Waals surface area contributed by atoms with E-state index in [1.807, 2.05) is 18.2 Å². The molecule has 0 saturated carbocycles. The zero-order valence-corrected chi connectivity index (χ0v) is 8.76. The molecule has 1 saturated heterocycles. The molecular weight excluding hydrogens is 186 g/mol. The zero-order chi connectivity index (χ0) is 10.5. The molecule has 2 nitrogen and oxygen atoms in total. The Kier molecular flexibility index (Phi) is 3.54. The van der Waals surface area contributed by atoms with Crippen LogP contribution in [0.4, 0.5) is 0 Å². The van der Waals surface area contributed by atoms with Crippen molar-refractivity contribution in [2.45, 2.75) is 25.0 Å². The molecule has 0 spiro atoms. The highest BCUT2D eigenvalue weighted by molar-refractivity contribution is 5.49. The summed E-state index contributed by atoms with van der Waals surface area (Å²) in [4.78, 5) is 0. The zero-order valence-electron chi connectivity index (χ0n) is 8.76. The summed E-state index contributed by atoms with van der Waals surface area (Å²) in [6.07, 6.45) is 5.85. The molecule has 1 aliphatic heterocycles. The molecule has 2 N–H and O–H groups in total. The second-order valence-corrected chi connectivity index (χ2v) is 3.96. The first-order valence-electron chi connectivity index (χ1n) is 5.51. The molecule has 0 aromatic heterocycles. The molecule has 0 bridgehead atoms. The summed E-state index contributed by atoms with van der Waals surface area (Å²) in [5.41, 5.74) is 1.18. The van der Waals surface area contributed by atoms with E-state index >= 15 is 0 Å². The SMILES string of the molecule is O[C@@H]1CCCN[C@H]1/C=C/c1ccccc1. The first-order valence-corrected chi connectivity index (χ1v) is 5.51. The molecule has 2 rings (SSSR count). The lowest BCUT2D eigenvalue weighted by Crippen LogP contribution is -2.43. The Hall–Kier alpha value is -1.12. The van der Waals surface area contributed by atoms with Gasteiger partial charge in [-0.15, -0.1) is 0 Å². The van der Waals surface area contributed by atoms with Crippen molar-refractivity contribution in [2.24, 2.45) is 0 Å². The lowest BCUT2D eigenvalue weighted by atomic mass is 10.0. The van der Waals surface area contributed by atoms with Crippen molar-refractivity contribution < 1.29 is 5.11 Å². The van der Waals surface area contributed by atoms with Crippen LogP contribution in [-0.4, -0.2) is 23.8 Å². The van der Waals surface area contributed by atoms with Gasteiger partial charge in [-0.2, -0.15) is 0 Å². The van der Waals surface area contributed by atoms with Crippen molar-refractivity contribution in [2.75, 3.05) is 6.54 Å². The van der Waals surface area contributed by atoms with Crippen LogP contribution in [0.3, 0.4) is 0 Å². The monoisotopic (exact) mass is 203 g/mol. The number of rotatable bonds is 2. The summed E-state index contributed by atoms with van der Waals surface area (Å²) in [6, 6.07) is 10.3. The van der Waals surface area contributed by atoms with Gasteiger partial charge in [0.25, 0.3) is 0 Å².